The number of nitrogens with one attached hydrogen (secondary N) is 1. The van der Waals surface area contributed by atoms with E-state index in [2.05, 4.69) is 17.4 Å². The highest BCUT2D eigenvalue weighted by molar-refractivity contribution is 6.30. The van der Waals surface area contributed by atoms with E-state index < -0.39 is 0 Å². The fourth-order valence-electron chi connectivity index (χ4n) is 6.32. The molecule has 34 heavy (non-hydrogen) atoms. The zero-order valence-corrected chi connectivity index (χ0v) is 19.1. The summed E-state index contributed by atoms with van der Waals surface area (Å²) >= 11 is 5.91. The van der Waals surface area contributed by atoms with Gasteiger partial charge in [0.25, 0.3) is 5.91 Å². The first kappa shape index (κ1) is 21.1. The molecule has 5 nitrogen and oxygen atoms in total. The minimum atomic E-state index is -0.312. The van der Waals surface area contributed by atoms with E-state index >= 15 is 0 Å². The molecule has 6 heteroatoms. The van der Waals surface area contributed by atoms with Gasteiger partial charge in [0.2, 0.25) is 11.8 Å². The minimum Gasteiger partial charge on any atom is -0.322 e. The van der Waals surface area contributed by atoms with Crippen LogP contribution in [-0.2, 0) is 9.59 Å². The van der Waals surface area contributed by atoms with Crippen LogP contribution < -0.4 is 10.2 Å². The summed E-state index contributed by atoms with van der Waals surface area (Å²) in [6.07, 6.45) is 1.88. The summed E-state index contributed by atoms with van der Waals surface area (Å²) in [4.78, 5) is 41.1. The molecule has 2 aliphatic carbocycles. The van der Waals surface area contributed by atoms with Crippen molar-refractivity contribution >= 4 is 40.7 Å². The lowest BCUT2D eigenvalue weighted by Crippen LogP contribution is -2.33. The molecular formula is C28H23ClN2O3. The Balaban J connectivity index is 1.25. The van der Waals surface area contributed by atoms with E-state index in [0.29, 0.717) is 27.9 Å². The summed E-state index contributed by atoms with van der Waals surface area (Å²) < 4.78 is 0. The van der Waals surface area contributed by atoms with Crippen molar-refractivity contribution in [3.8, 4) is 0 Å². The normalized spacial score (nSPS) is 27.2. The van der Waals surface area contributed by atoms with Gasteiger partial charge in [-0.05, 0) is 78.6 Å². The van der Waals surface area contributed by atoms with E-state index in [1.807, 2.05) is 18.2 Å². The highest BCUT2D eigenvalue weighted by Gasteiger charge is 2.64. The van der Waals surface area contributed by atoms with E-state index in [1.54, 1.807) is 48.5 Å². The number of imide groups is 1. The number of carbonyl (C=O) groups is 3. The lowest BCUT2D eigenvalue weighted by molar-refractivity contribution is -0.123. The van der Waals surface area contributed by atoms with Crippen LogP contribution in [-0.4, -0.2) is 17.7 Å². The van der Waals surface area contributed by atoms with Crippen molar-refractivity contribution in [3.05, 3.63) is 95.0 Å². The van der Waals surface area contributed by atoms with Gasteiger partial charge in [-0.1, -0.05) is 48.0 Å². The van der Waals surface area contributed by atoms with Crippen LogP contribution in [0.5, 0.6) is 0 Å². The second-order valence-corrected chi connectivity index (χ2v) is 9.92. The maximum atomic E-state index is 13.6. The van der Waals surface area contributed by atoms with E-state index in [4.69, 9.17) is 11.6 Å². The summed E-state index contributed by atoms with van der Waals surface area (Å²) in [6, 6.07) is 23.9. The van der Waals surface area contributed by atoms with Gasteiger partial charge in [0.1, 0.15) is 0 Å². The first-order valence-electron chi connectivity index (χ1n) is 11.6. The van der Waals surface area contributed by atoms with Gasteiger partial charge in [-0.15, -0.1) is 0 Å². The van der Waals surface area contributed by atoms with E-state index in [-0.39, 0.29) is 41.4 Å². The smallest absolute Gasteiger partial charge is 0.255 e. The minimum absolute atomic E-state index is 0.121. The van der Waals surface area contributed by atoms with Gasteiger partial charge in [-0.2, -0.15) is 0 Å². The predicted octanol–water partition coefficient (Wildman–Crippen LogP) is 5.52. The van der Waals surface area contributed by atoms with Gasteiger partial charge in [0.05, 0.1) is 17.5 Å². The molecule has 3 aliphatic rings. The van der Waals surface area contributed by atoms with Crippen molar-refractivity contribution in [2.45, 2.75) is 18.8 Å². The van der Waals surface area contributed by atoms with Crippen LogP contribution in [0.1, 0.15) is 34.7 Å². The second-order valence-electron chi connectivity index (χ2n) is 9.49. The average molecular weight is 471 g/mol. The Bertz CT molecular complexity index is 1290. The Kier molecular flexibility index (Phi) is 5.03. The van der Waals surface area contributed by atoms with Crippen molar-refractivity contribution in [2.75, 3.05) is 10.2 Å². The average Bonchev–Trinajstić information content (AvgIpc) is 3.52. The number of halogens is 1. The number of fused-ring (bicyclic) bond motifs is 5. The van der Waals surface area contributed by atoms with Crippen LogP contribution >= 0.6 is 11.6 Å². The van der Waals surface area contributed by atoms with Gasteiger partial charge in [-0.3, -0.25) is 19.3 Å². The lowest BCUT2D eigenvalue weighted by atomic mass is 9.73. The van der Waals surface area contributed by atoms with Crippen molar-refractivity contribution < 1.29 is 14.4 Å². The van der Waals surface area contributed by atoms with Crippen LogP contribution in [0.15, 0.2) is 78.9 Å². The molecule has 0 aromatic heterocycles. The molecule has 3 aromatic carbocycles. The Labute approximate surface area is 202 Å². The molecule has 6 rings (SSSR count). The summed E-state index contributed by atoms with van der Waals surface area (Å²) in [7, 11) is 0. The number of anilines is 2. The molecule has 2 saturated carbocycles. The van der Waals surface area contributed by atoms with Crippen molar-refractivity contribution in [2.24, 2.45) is 23.7 Å². The summed E-state index contributed by atoms with van der Waals surface area (Å²) in [5.41, 5.74) is 2.72. The third-order valence-electron chi connectivity index (χ3n) is 7.71. The summed E-state index contributed by atoms with van der Waals surface area (Å²) in [6.45, 7) is 0. The fraction of sp³-hybridized carbons (Fsp3) is 0.250. The maximum Gasteiger partial charge on any atom is 0.255 e. The third kappa shape index (κ3) is 3.34. The quantitative estimate of drug-likeness (QED) is 0.510. The SMILES string of the molecule is O=C(Nc1ccc(Cl)cc1)c1cccc(N2C(=O)[C@@H]3[C@H]4C[C@H]([C@H]3C2=O)[C@@H](c2ccccc2)C4)c1. The Morgan fingerprint density at radius 2 is 1.59 bits per heavy atom. The van der Waals surface area contributed by atoms with Crippen LogP contribution in [0.4, 0.5) is 11.4 Å². The highest BCUT2D eigenvalue weighted by Crippen LogP contribution is 2.61. The Morgan fingerprint density at radius 1 is 0.853 bits per heavy atom. The molecule has 1 saturated heterocycles. The van der Waals surface area contributed by atoms with Crippen molar-refractivity contribution in [3.63, 3.8) is 0 Å². The molecule has 3 amide bonds. The lowest BCUT2D eigenvalue weighted by Gasteiger charge is -2.28. The van der Waals surface area contributed by atoms with E-state index in [1.165, 1.54) is 10.5 Å². The van der Waals surface area contributed by atoms with Crippen LogP contribution in [0.2, 0.25) is 5.02 Å². The number of hydrogen-bond acceptors (Lipinski definition) is 3. The number of benzene rings is 3. The monoisotopic (exact) mass is 470 g/mol. The molecule has 5 atom stereocenters. The topological polar surface area (TPSA) is 66.5 Å². The van der Waals surface area contributed by atoms with Crippen LogP contribution in [0.3, 0.4) is 0 Å². The molecule has 1 aliphatic heterocycles. The van der Waals surface area contributed by atoms with Crippen LogP contribution in [0.25, 0.3) is 0 Å². The van der Waals surface area contributed by atoms with Gasteiger partial charge in [0, 0.05) is 16.3 Å². The second kappa shape index (κ2) is 8.10. The zero-order valence-electron chi connectivity index (χ0n) is 18.4. The molecule has 3 fully saturated rings. The molecular weight excluding hydrogens is 448 g/mol. The zero-order chi connectivity index (χ0) is 23.4. The van der Waals surface area contributed by atoms with E-state index in [9.17, 15) is 14.4 Å². The summed E-state index contributed by atoms with van der Waals surface area (Å²) in [5.74, 6) is -0.337. The first-order valence-corrected chi connectivity index (χ1v) is 12.0. The largest absolute Gasteiger partial charge is 0.322 e. The summed E-state index contributed by atoms with van der Waals surface area (Å²) in [5, 5.41) is 3.41. The molecule has 0 spiro atoms. The maximum absolute atomic E-state index is 13.6. The third-order valence-corrected chi connectivity index (χ3v) is 7.96. The predicted molar refractivity (Wildman–Crippen MR) is 131 cm³/mol. The number of carbonyl (C=O) groups excluding carboxylic acids is 3. The molecule has 1 heterocycles. The van der Waals surface area contributed by atoms with E-state index in [0.717, 1.165) is 12.8 Å². The Hall–Kier alpha value is -3.44. The molecule has 0 unspecified atom stereocenters. The molecule has 0 radical (unpaired) electrons. The standard InChI is InChI=1S/C28H23ClN2O3/c29-19-9-11-20(12-10-19)30-26(32)17-7-4-8-21(13-17)31-27(33)24-18-14-22(16-5-2-1-3-6-16)23(15-18)25(24)28(31)34/h1-13,18,22-25H,14-15H2,(H,30,32)/t18-,22-,23+,24-,25-/m1/s1. The van der Waals surface area contributed by atoms with Gasteiger partial charge < -0.3 is 5.32 Å². The molecule has 170 valence electrons. The number of hydrogen-bond donors (Lipinski definition) is 1. The molecule has 1 N–H and O–H groups in total. The molecule has 2 bridgehead atoms. The Morgan fingerprint density at radius 3 is 2.35 bits per heavy atom. The van der Waals surface area contributed by atoms with Crippen LogP contribution in [0, 0.1) is 23.7 Å². The van der Waals surface area contributed by atoms with Gasteiger partial charge in [0.15, 0.2) is 0 Å². The first-order chi connectivity index (χ1) is 16.5. The number of rotatable bonds is 4. The highest BCUT2D eigenvalue weighted by atomic mass is 35.5. The number of nitrogens with zero attached hydrogens (tertiary/aromatic N) is 1. The van der Waals surface area contributed by atoms with Crippen molar-refractivity contribution in [1.82, 2.24) is 0 Å². The fourth-order valence-corrected chi connectivity index (χ4v) is 6.45. The van der Waals surface area contributed by atoms with Gasteiger partial charge in [-0.25, -0.2) is 0 Å². The van der Waals surface area contributed by atoms with Crippen molar-refractivity contribution in [1.29, 1.82) is 0 Å². The number of amides is 3. The van der Waals surface area contributed by atoms with Gasteiger partial charge >= 0.3 is 0 Å². The molecule has 3 aromatic rings.